The topological polar surface area (TPSA) is 107 Å². The number of amides is 1. The molecule has 0 spiro atoms. The highest BCUT2D eigenvalue weighted by molar-refractivity contribution is 5.84. The number of alkyl halides is 3. The van der Waals surface area contributed by atoms with Crippen molar-refractivity contribution in [3.63, 3.8) is 0 Å². The van der Waals surface area contributed by atoms with Crippen LogP contribution in [0.1, 0.15) is 44.7 Å². The van der Waals surface area contributed by atoms with Crippen LogP contribution < -0.4 is 16.2 Å². The summed E-state index contributed by atoms with van der Waals surface area (Å²) >= 11 is 0. The number of carbonyl (C=O) groups excluding carboxylic acids is 1. The van der Waals surface area contributed by atoms with Gasteiger partial charge in [-0.05, 0) is 55.3 Å². The minimum Gasteiger partial charge on any atom is -0.378 e. The van der Waals surface area contributed by atoms with Gasteiger partial charge in [0.15, 0.2) is 0 Å². The van der Waals surface area contributed by atoms with Crippen LogP contribution in [0.5, 0.6) is 0 Å². The second kappa shape index (κ2) is 9.93. The summed E-state index contributed by atoms with van der Waals surface area (Å²) in [5.74, 6) is -0.766. The SMILES string of the molecule is CC(C)C[C@@H](C(=O)N[C@H](C#N)C[C@@H]1CCN[C@H]1O)n1ccc2ccc(C(F)(F)F)cc2c1=O. The molecule has 7 nitrogen and oxygen atoms in total. The number of benzene rings is 1. The van der Waals surface area contributed by atoms with Crippen LogP contribution in [-0.2, 0) is 11.0 Å². The van der Waals surface area contributed by atoms with E-state index in [0.29, 0.717) is 18.4 Å². The van der Waals surface area contributed by atoms with E-state index in [9.17, 15) is 33.1 Å². The van der Waals surface area contributed by atoms with Gasteiger partial charge in [0.05, 0.1) is 11.6 Å². The lowest BCUT2D eigenvalue weighted by molar-refractivity contribution is -0.137. The van der Waals surface area contributed by atoms with Crippen LogP contribution in [0.3, 0.4) is 0 Å². The van der Waals surface area contributed by atoms with Gasteiger partial charge in [-0.2, -0.15) is 18.4 Å². The zero-order valence-corrected chi connectivity index (χ0v) is 18.4. The second-order valence-electron chi connectivity index (χ2n) is 8.85. The van der Waals surface area contributed by atoms with Crippen molar-refractivity contribution in [2.24, 2.45) is 11.8 Å². The van der Waals surface area contributed by atoms with E-state index in [1.807, 2.05) is 19.9 Å². The van der Waals surface area contributed by atoms with Gasteiger partial charge in [-0.15, -0.1) is 0 Å². The van der Waals surface area contributed by atoms with Crippen molar-refractivity contribution in [1.82, 2.24) is 15.2 Å². The van der Waals surface area contributed by atoms with Crippen molar-refractivity contribution in [1.29, 1.82) is 5.26 Å². The molecule has 0 bridgehead atoms. The molecule has 4 atom stereocenters. The van der Waals surface area contributed by atoms with Gasteiger partial charge in [-0.3, -0.25) is 14.9 Å². The summed E-state index contributed by atoms with van der Waals surface area (Å²) in [5.41, 5.74) is -1.65. The maximum absolute atomic E-state index is 13.2. The van der Waals surface area contributed by atoms with Crippen molar-refractivity contribution < 1.29 is 23.1 Å². The highest BCUT2D eigenvalue weighted by Gasteiger charge is 2.32. The number of carbonyl (C=O) groups is 1. The first-order chi connectivity index (χ1) is 15.5. The zero-order valence-electron chi connectivity index (χ0n) is 18.4. The predicted molar refractivity (Wildman–Crippen MR) is 116 cm³/mol. The lowest BCUT2D eigenvalue weighted by Gasteiger charge is -2.24. The molecule has 0 unspecified atom stereocenters. The molecular formula is C23H27F3N4O3. The Hall–Kier alpha value is -2.90. The monoisotopic (exact) mass is 464 g/mol. The van der Waals surface area contributed by atoms with Gasteiger partial charge in [0.25, 0.3) is 5.56 Å². The quantitative estimate of drug-likeness (QED) is 0.584. The Morgan fingerprint density at radius 3 is 2.67 bits per heavy atom. The average Bonchev–Trinajstić information content (AvgIpc) is 3.15. The minimum absolute atomic E-state index is 0.00811. The Morgan fingerprint density at radius 1 is 1.36 bits per heavy atom. The lowest BCUT2D eigenvalue weighted by Crippen LogP contribution is -2.43. The molecule has 0 saturated carbocycles. The number of nitrogens with zero attached hydrogens (tertiary/aromatic N) is 2. The summed E-state index contributed by atoms with van der Waals surface area (Å²) in [6, 6.07) is 4.59. The van der Waals surface area contributed by atoms with E-state index in [0.717, 1.165) is 16.7 Å². The second-order valence-corrected chi connectivity index (χ2v) is 8.85. The number of aliphatic hydroxyl groups is 1. The number of nitrogens with one attached hydrogen (secondary N) is 2. The molecule has 178 valence electrons. The molecule has 1 amide bonds. The van der Waals surface area contributed by atoms with Gasteiger partial charge < -0.3 is 15.0 Å². The van der Waals surface area contributed by atoms with Crippen LogP contribution in [0.4, 0.5) is 13.2 Å². The molecule has 1 aromatic carbocycles. The summed E-state index contributed by atoms with van der Waals surface area (Å²) in [4.78, 5) is 26.3. The Bertz CT molecular complexity index is 1110. The van der Waals surface area contributed by atoms with E-state index in [2.05, 4.69) is 10.6 Å². The molecule has 0 radical (unpaired) electrons. The van der Waals surface area contributed by atoms with Crippen LogP contribution >= 0.6 is 0 Å². The highest BCUT2D eigenvalue weighted by Crippen LogP contribution is 2.31. The maximum Gasteiger partial charge on any atom is 0.416 e. The van der Waals surface area contributed by atoms with Gasteiger partial charge >= 0.3 is 6.18 Å². The van der Waals surface area contributed by atoms with E-state index in [1.165, 1.54) is 18.3 Å². The number of pyridine rings is 1. The van der Waals surface area contributed by atoms with Crippen molar-refractivity contribution in [2.75, 3.05) is 6.54 Å². The number of aliphatic hydroxyl groups excluding tert-OH is 1. The molecule has 2 heterocycles. The first-order valence-corrected chi connectivity index (χ1v) is 10.8. The first-order valence-electron chi connectivity index (χ1n) is 10.8. The van der Waals surface area contributed by atoms with Crippen molar-refractivity contribution >= 4 is 16.7 Å². The molecule has 33 heavy (non-hydrogen) atoms. The van der Waals surface area contributed by atoms with Crippen LogP contribution in [0, 0.1) is 23.2 Å². The summed E-state index contributed by atoms with van der Waals surface area (Å²) in [5, 5.41) is 25.2. The third-order valence-corrected chi connectivity index (χ3v) is 5.92. The van der Waals surface area contributed by atoms with E-state index in [-0.39, 0.29) is 30.1 Å². The van der Waals surface area contributed by atoms with Crippen molar-refractivity contribution in [3.8, 4) is 6.07 Å². The Kier molecular flexibility index (Phi) is 7.44. The Morgan fingerprint density at radius 2 is 2.09 bits per heavy atom. The minimum atomic E-state index is -4.60. The molecule has 0 aliphatic carbocycles. The molecule has 1 saturated heterocycles. The normalized spacial score (nSPS) is 20.5. The largest absolute Gasteiger partial charge is 0.416 e. The van der Waals surface area contributed by atoms with Crippen LogP contribution in [0.2, 0.25) is 0 Å². The standard InChI is InChI=1S/C23H27F3N4O3/c1-13(2)9-19(21(32)29-17(12-27)10-15-5-7-28-20(15)31)30-8-6-14-3-4-16(23(24,25)26)11-18(14)22(30)33/h3-4,6,8,11,13,15,17,19-20,28,31H,5,7,9-10H2,1-2H3,(H,29,32)/t15-,17-,19-,20-/m0/s1. The highest BCUT2D eigenvalue weighted by atomic mass is 19.4. The number of aromatic nitrogens is 1. The van der Waals surface area contributed by atoms with E-state index < -0.39 is 41.5 Å². The number of hydrogen-bond donors (Lipinski definition) is 3. The fourth-order valence-corrected chi connectivity index (χ4v) is 4.17. The molecule has 1 aromatic heterocycles. The summed E-state index contributed by atoms with van der Waals surface area (Å²) in [7, 11) is 0. The van der Waals surface area contributed by atoms with E-state index in [4.69, 9.17) is 0 Å². The molecule has 3 N–H and O–H groups in total. The summed E-state index contributed by atoms with van der Waals surface area (Å²) in [6.45, 7) is 4.33. The number of halogens is 3. The smallest absolute Gasteiger partial charge is 0.378 e. The third kappa shape index (κ3) is 5.72. The van der Waals surface area contributed by atoms with Gasteiger partial charge in [0.2, 0.25) is 5.91 Å². The zero-order chi connectivity index (χ0) is 24.3. The lowest BCUT2D eigenvalue weighted by atomic mass is 9.97. The maximum atomic E-state index is 13.2. The van der Waals surface area contributed by atoms with Crippen LogP contribution in [0.15, 0.2) is 35.3 Å². The molecule has 10 heteroatoms. The average molecular weight is 464 g/mol. The fraction of sp³-hybridized carbons (Fsp3) is 0.522. The molecule has 1 aliphatic rings. The number of rotatable bonds is 7. The van der Waals surface area contributed by atoms with Crippen LogP contribution in [0.25, 0.3) is 10.8 Å². The predicted octanol–water partition coefficient (Wildman–Crippen LogP) is 2.93. The van der Waals surface area contributed by atoms with Crippen molar-refractivity contribution in [3.05, 3.63) is 46.4 Å². The van der Waals surface area contributed by atoms with Gasteiger partial charge in [0.1, 0.15) is 18.3 Å². The molecule has 3 rings (SSSR count). The molecular weight excluding hydrogens is 437 g/mol. The molecule has 1 aliphatic heterocycles. The van der Waals surface area contributed by atoms with Crippen LogP contribution in [-0.4, -0.2) is 34.4 Å². The van der Waals surface area contributed by atoms with Gasteiger partial charge in [-0.25, -0.2) is 0 Å². The third-order valence-electron chi connectivity index (χ3n) is 5.92. The van der Waals surface area contributed by atoms with E-state index >= 15 is 0 Å². The van der Waals surface area contributed by atoms with E-state index in [1.54, 1.807) is 0 Å². The molecule has 2 aromatic rings. The summed E-state index contributed by atoms with van der Waals surface area (Å²) in [6.07, 6.45) is -2.80. The van der Waals surface area contributed by atoms with Gasteiger partial charge in [0, 0.05) is 17.5 Å². The number of hydrogen-bond acceptors (Lipinski definition) is 5. The van der Waals surface area contributed by atoms with Gasteiger partial charge in [-0.1, -0.05) is 19.9 Å². The molecule has 1 fully saturated rings. The fourth-order valence-electron chi connectivity index (χ4n) is 4.17. The Balaban J connectivity index is 1.93. The Labute approximate surface area is 189 Å². The first kappa shape index (κ1) is 24.7. The number of nitriles is 1. The number of fused-ring (bicyclic) bond motifs is 1. The summed E-state index contributed by atoms with van der Waals surface area (Å²) < 4.78 is 40.6. The van der Waals surface area contributed by atoms with Crippen molar-refractivity contribution in [2.45, 2.75) is 57.6 Å².